The second-order valence-electron chi connectivity index (χ2n) is 5.40. The largest absolute Gasteiger partial charge is 0.490 e. The van der Waals surface area contributed by atoms with Crippen LogP contribution in [0.15, 0.2) is 12.1 Å². The van der Waals surface area contributed by atoms with Crippen LogP contribution in [-0.2, 0) is 11.2 Å². The molecule has 0 bridgehead atoms. The Labute approximate surface area is 142 Å². The van der Waals surface area contributed by atoms with Gasteiger partial charge in [-0.3, -0.25) is 4.79 Å². The van der Waals surface area contributed by atoms with Crippen molar-refractivity contribution in [3.63, 3.8) is 0 Å². The predicted octanol–water partition coefficient (Wildman–Crippen LogP) is 2.50. The van der Waals surface area contributed by atoms with E-state index in [0.29, 0.717) is 42.6 Å². The summed E-state index contributed by atoms with van der Waals surface area (Å²) in [5.41, 5.74) is 0.991. The summed E-state index contributed by atoms with van der Waals surface area (Å²) in [5, 5.41) is 3.78. The molecule has 1 aliphatic rings. The molecule has 1 N–H and O–H groups in total. The van der Waals surface area contributed by atoms with Crippen molar-refractivity contribution in [2.75, 3.05) is 39.4 Å². The first-order chi connectivity index (χ1) is 11.2. The number of nitrogens with one attached hydrogen (secondary N) is 1. The maximum absolute atomic E-state index is 12.2. The van der Waals surface area contributed by atoms with Gasteiger partial charge in [0.2, 0.25) is 5.91 Å². The van der Waals surface area contributed by atoms with Crippen LogP contribution in [0.2, 0.25) is 5.02 Å². The molecule has 1 aliphatic heterocycles. The van der Waals surface area contributed by atoms with Crippen molar-refractivity contribution in [3.8, 4) is 11.5 Å². The van der Waals surface area contributed by atoms with E-state index in [-0.39, 0.29) is 5.91 Å². The third-order valence-corrected chi connectivity index (χ3v) is 4.04. The van der Waals surface area contributed by atoms with Gasteiger partial charge < -0.3 is 19.7 Å². The Bertz CT molecular complexity index is 531. The molecule has 6 heteroatoms. The Morgan fingerprint density at radius 1 is 1.22 bits per heavy atom. The molecule has 0 atom stereocenters. The number of halogens is 1. The third kappa shape index (κ3) is 5.01. The van der Waals surface area contributed by atoms with Gasteiger partial charge in [-0.25, -0.2) is 0 Å². The van der Waals surface area contributed by atoms with Gasteiger partial charge in [-0.1, -0.05) is 11.6 Å². The minimum Gasteiger partial charge on any atom is -0.490 e. The molecule has 23 heavy (non-hydrogen) atoms. The average molecular weight is 341 g/mol. The van der Waals surface area contributed by atoms with Crippen LogP contribution in [0.5, 0.6) is 11.5 Å². The maximum Gasteiger partial charge on any atom is 0.222 e. The molecular weight excluding hydrogens is 316 g/mol. The summed E-state index contributed by atoms with van der Waals surface area (Å²) in [5.74, 6) is 1.41. The number of hydrogen-bond donors (Lipinski definition) is 1. The van der Waals surface area contributed by atoms with Crippen molar-refractivity contribution in [2.24, 2.45) is 0 Å². The molecule has 0 saturated carbocycles. The number of carbonyl (C=O) groups is 1. The van der Waals surface area contributed by atoms with Crippen molar-refractivity contribution in [1.82, 2.24) is 10.2 Å². The molecule has 1 aromatic rings. The highest BCUT2D eigenvalue weighted by Gasteiger charge is 2.17. The molecule has 128 valence electrons. The second kappa shape index (κ2) is 8.99. The molecular formula is C17H25ClN2O3. The Balaban J connectivity index is 2.02. The molecule has 0 spiro atoms. The van der Waals surface area contributed by atoms with Gasteiger partial charge in [0.15, 0.2) is 11.5 Å². The van der Waals surface area contributed by atoms with Gasteiger partial charge in [0.1, 0.15) is 0 Å². The lowest BCUT2D eigenvalue weighted by Gasteiger charge is -2.27. The molecule has 1 amide bonds. The van der Waals surface area contributed by atoms with Crippen molar-refractivity contribution in [3.05, 3.63) is 22.7 Å². The fraction of sp³-hybridized carbons (Fsp3) is 0.588. The fourth-order valence-corrected chi connectivity index (χ4v) is 2.92. The summed E-state index contributed by atoms with van der Waals surface area (Å²) in [7, 11) is 0. The number of aryl methyl sites for hydroxylation is 1. The highest BCUT2D eigenvalue weighted by molar-refractivity contribution is 6.32. The first-order valence-electron chi connectivity index (χ1n) is 8.22. The monoisotopic (exact) mass is 340 g/mol. The molecule has 1 aromatic carbocycles. The first-order valence-corrected chi connectivity index (χ1v) is 8.60. The van der Waals surface area contributed by atoms with Gasteiger partial charge in [0.05, 0.1) is 18.2 Å². The number of rotatable bonds is 7. The summed E-state index contributed by atoms with van der Waals surface area (Å²) in [6, 6.07) is 3.78. The highest BCUT2D eigenvalue weighted by atomic mass is 35.5. The van der Waals surface area contributed by atoms with E-state index in [1.807, 2.05) is 30.9 Å². The second-order valence-corrected chi connectivity index (χ2v) is 5.81. The van der Waals surface area contributed by atoms with E-state index in [9.17, 15) is 4.79 Å². The molecule has 2 rings (SSSR count). The standard InChI is InChI=1S/C17H25ClN2O3/c1-3-22-15-12-13(11-14(18)17(15)23-4-2)5-6-16(21)20-9-7-19-8-10-20/h11-12,19H,3-10H2,1-2H3. The topological polar surface area (TPSA) is 50.8 Å². The summed E-state index contributed by atoms with van der Waals surface area (Å²) in [4.78, 5) is 14.2. The fourth-order valence-electron chi connectivity index (χ4n) is 2.64. The number of benzene rings is 1. The van der Waals surface area contributed by atoms with Crippen LogP contribution in [0.4, 0.5) is 0 Å². The Hall–Kier alpha value is -1.46. The van der Waals surface area contributed by atoms with Crippen LogP contribution in [0.3, 0.4) is 0 Å². The maximum atomic E-state index is 12.2. The van der Waals surface area contributed by atoms with Crippen molar-refractivity contribution >= 4 is 17.5 Å². The van der Waals surface area contributed by atoms with Crippen LogP contribution in [0.25, 0.3) is 0 Å². The van der Waals surface area contributed by atoms with Gasteiger partial charge in [-0.2, -0.15) is 0 Å². The predicted molar refractivity (Wildman–Crippen MR) is 91.6 cm³/mol. The summed E-state index contributed by atoms with van der Waals surface area (Å²) in [6.45, 7) is 8.21. The molecule has 1 heterocycles. The van der Waals surface area contributed by atoms with E-state index >= 15 is 0 Å². The van der Waals surface area contributed by atoms with Crippen LogP contribution in [0.1, 0.15) is 25.8 Å². The van der Waals surface area contributed by atoms with Crippen LogP contribution in [0, 0.1) is 0 Å². The molecule has 5 nitrogen and oxygen atoms in total. The van der Waals surface area contributed by atoms with Crippen LogP contribution in [-0.4, -0.2) is 50.2 Å². The van der Waals surface area contributed by atoms with Crippen LogP contribution >= 0.6 is 11.6 Å². The number of nitrogens with zero attached hydrogens (tertiary/aromatic N) is 1. The number of amides is 1. The number of ether oxygens (including phenoxy) is 2. The molecule has 0 radical (unpaired) electrons. The molecule has 1 saturated heterocycles. The quantitative estimate of drug-likeness (QED) is 0.828. The zero-order chi connectivity index (χ0) is 16.7. The van der Waals surface area contributed by atoms with Crippen molar-refractivity contribution < 1.29 is 14.3 Å². The molecule has 0 aromatic heterocycles. The summed E-state index contributed by atoms with van der Waals surface area (Å²) in [6.07, 6.45) is 1.13. The zero-order valence-corrected chi connectivity index (χ0v) is 14.6. The summed E-state index contributed by atoms with van der Waals surface area (Å²) < 4.78 is 11.2. The first kappa shape index (κ1) is 17.9. The zero-order valence-electron chi connectivity index (χ0n) is 13.9. The smallest absolute Gasteiger partial charge is 0.222 e. The van der Waals surface area contributed by atoms with Gasteiger partial charge in [0.25, 0.3) is 0 Å². The third-order valence-electron chi connectivity index (χ3n) is 3.76. The summed E-state index contributed by atoms with van der Waals surface area (Å²) >= 11 is 6.30. The molecule has 0 aliphatic carbocycles. The van der Waals surface area contributed by atoms with E-state index in [1.165, 1.54) is 0 Å². The van der Waals surface area contributed by atoms with E-state index in [4.69, 9.17) is 21.1 Å². The number of carbonyl (C=O) groups excluding carboxylic acids is 1. The van der Waals surface area contributed by atoms with Crippen LogP contribution < -0.4 is 14.8 Å². The number of hydrogen-bond acceptors (Lipinski definition) is 4. The Morgan fingerprint density at radius 3 is 2.57 bits per heavy atom. The lowest BCUT2D eigenvalue weighted by atomic mass is 10.1. The lowest BCUT2D eigenvalue weighted by Crippen LogP contribution is -2.46. The SMILES string of the molecule is CCOc1cc(CCC(=O)N2CCNCC2)cc(Cl)c1OCC. The lowest BCUT2D eigenvalue weighted by molar-refractivity contribution is -0.131. The Morgan fingerprint density at radius 2 is 1.91 bits per heavy atom. The van der Waals surface area contributed by atoms with E-state index in [1.54, 1.807) is 0 Å². The van der Waals surface area contributed by atoms with Gasteiger partial charge >= 0.3 is 0 Å². The minimum absolute atomic E-state index is 0.189. The van der Waals surface area contributed by atoms with Crippen molar-refractivity contribution in [2.45, 2.75) is 26.7 Å². The van der Waals surface area contributed by atoms with E-state index in [2.05, 4.69) is 5.32 Å². The van der Waals surface area contributed by atoms with Gasteiger partial charge in [-0.15, -0.1) is 0 Å². The van der Waals surface area contributed by atoms with Gasteiger partial charge in [-0.05, 0) is 38.0 Å². The molecule has 0 unspecified atom stereocenters. The van der Waals surface area contributed by atoms with Crippen molar-refractivity contribution in [1.29, 1.82) is 0 Å². The van der Waals surface area contributed by atoms with Gasteiger partial charge in [0, 0.05) is 32.6 Å². The number of piperazine rings is 1. The normalized spacial score (nSPS) is 14.7. The van der Waals surface area contributed by atoms with E-state index in [0.717, 1.165) is 31.7 Å². The minimum atomic E-state index is 0.189. The average Bonchev–Trinajstić information content (AvgIpc) is 2.57. The van der Waals surface area contributed by atoms with E-state index < -0.39 is 0 Å². The Kier molecular flexibility index (Phi) is 6.99. The molecule has 1 fully saturated rings. The highest BCUT2D eigenvalue weighted by Crippen LogP contribution is 2.37.